The first-order valence-corrected chi connectivity index (χ1v) is 9.50. The summed E-state index contributed by atoms with van der Waals surface area (Å²) in [5.41, 5.74) is 1.49. The van der Waals surface area contributed by atoms with Crippen molar-refractivity contribution in [3.8, 4) is 0 Å². The van der Waals surface area contributed by atoms with Crippen LogP contribution in [0.4, 0.5) is 4.79 Å². The predicted molar refractivity (Wildman–Crippen MR) is 99.8 cm³/mol. The lowest BCUT2D eigenvalue weighted by molar-refractivity contribution is 0.00719. The average Bonchev–Trinajstić information content (AvgIpc) is 3.43. The van der Waals surface area contributed by atoms with Crippen molar-refractivity contribution in [2.75, 3.05) is 39.4 Å². The smallest absolute Gasteiger partial charge is 0.314 e. The van der Waals surface area contributed by atoms with Gasteiger partial charge in [-0.3, -0.25) is 4.90 Å². The van der Waals surface area contributed by atoms with Crippen LogP contribution < -0.4 is 10.6 Å². The highest BCUT2D eigenvalue weighted by Gasteiger charge is 2.44. The molecule has 2 N–H and O–H groups in total. The molecule has 0 aromatic heterocycles. The summed E-state index contributed by atoms with van der Waals surface area (Å²) in [6.07, 6.45) is 2.30. The van der Waals surface area contributed by atoms with Gasteiger partial charge in [-0.2, -0.15) is 0 Å². The summed E-state index contributed by atoms with van der Waals surface area (Å²) >= 11 is 0. The van der Waals surface area contributed by atoms with Crippen LogP contribution in [0.25, 0.3) is 0 Å². The van der Waals surface area contributed by atoms with E-state index < -0.39 is 0 Å². The Morgan fingerprint density at radius 2 is 1.84 bits per heavy atom. The number of carbonyl (C=O) groups is 1. The molecule has 2 fully saturated rings. The van der Waals surface area contributed by atoms with Gasteiger partial charge in [0.25, 0.3) is 0 Å². The molecule has 2 aliphatic rings. The Balaban J connectivity index is 1.46. The van der Waals surface area contributed by atoms with E-state index in [0.29, 0.717) is 25.0 Å². The van der Waals surface area contributed by atoms with E-state index in [0.717, 1.165) is 39.1 Å². The van der Waals surface area contributed by atoms with Gasteiger partial charge in [-0.1, -0.05) is 44.2 Å². The van der Waals surface area contributed by atoms with Crippen LogP contribution >= 0.6 is 0 Å². The summed E-state index contributed by atoms with van der Waals surface area (Å²) in [5.74, 6) is 0.498. The normalized spacial score (nSPS) is 20.9. The van der Waals surface area contributed by atoms with Gasteiger partial charge in [0, 0.05) is 37.6 Å². The van der Waals surface area contributed by atoms with Crippen LogP contribution in [0.5, 0.6) is 0 Å². The fraction of sp³-hybridized carbons (Fsp3) is 0.650. The maximum absolute atomic E-state index is 12.3. The monoisotopic (exact) mass is 345 g/mol. The van der Waals surface area contributed by atoms with Crippen LogP contribution in [0.15, 0.2) is 30.3 Å². The molecule has 3 rings (SSSR count). The molecule has 25 heavy (non-hydrogen) atoms. The van der Waals surface area contributed by atoms with Crippen molar-refractivity contribution in [1.82, 2.24) is 15.5 Å². The van der Waals surface area contributed by atoms with Crippen LogP contribution in [0, 0.1) is 5.92 Å². The molecule has 0 bridgehead atoms. The molecule has 2 amide bonds. The minimum atomic E-state index is -0.0545. The zero-order valence-electron chi connectivity index (χ0n) is 15.5. The van der Waals surface area contributed by atoms with E-state index in [1.165, 1.54) is 5.56 Å². The van der Waals surface area contributed by atoms with Gasteiger partial charge in [0.15, 0.2) is 0 Å². The standard InChI is InChI=1S/C20H31N3O2/c1-16(2)18(23-10-12-25-13-11-23)14-21-19(24)22-15-20(8-9-20)17-6-4-3-5-7-17/h3-7,16,18H,8-15H2,1-2H3,(H2,21,22,24). The van der Waals surface area contributed by atoms with Crippen molar-refractivity contribution in [3.05, 3.63) is 35.9 Å². The van der Waals surface area contributed by atoms with Gasteiger partial charge in [-0.25, -0.2) is 4.79 Å². The number of amides is 2. The lowest BCUT2D eigenvalue weighted by Gasteiger charge is -2.36. The van der Waals surface area contributed by atoms with Crippen molar-refractivity contribution in [2.45, 2.75) is 38.1 Å². The van der Waals surface area contributed by atoms with E-state index in [1.54, 1.807) is 0 Å². The summed E-state index contributed by atoms with van der Waals surface area (Å²) in [4.78, 5) is 14.7. The zero-order valence-corrected chi connectivity index (χ0v) is 15.5. The lowest BCUT2D eigenvalue weighted by atomic mass is 9.96. The van der Waals surface area contributed by atoms with E-state index in [2.05, 4.69) is 53.6 Å². The summed E-state index contributed by atoms with van der Waals surface area (Å²) < 4.78 is 5.44. The second kappa shape index (κ2) is 8.19. The lowest BCUT2D eigenvalue weighted by Crippen LogP contribution is -2.52. The van der Waals surface area contributed by atoms with E-state index in [1.807, 2.05) is 6.07 Å². The van der Waals surface area contributed by atoms with E-state index in [4.69, 9.17) is 4.74 Å². The zero-order chi connectivity index (χ0) is 17.7. The van der Waals surface area contributed by atoms with Crippen molar-refractivity contribution in [1.29, 1.82) is 0 Å². The van der Waals surface area contributed by atoms with Gasteiger partial charge in [0.1, 0.15) is 0 Å². The number of morpholine rings is 1. The van der Waals surface area contributed by atoms with Crippen molar-refractivity contribution in [2.24, 2.45) is 5.92 Å². The third-order valence-electron chi connectivity index (χ3n) is 5.58. The molecule has 1 heterocycles. The van der Waals surface area contributed by atoms with Crippen LogP contribution in [0.3, 0.4) is 0 Å². The number of rotatable bonds is 7. The van der Waals surface area contributed by atoms with Crippen LogP contribution in [-0.2, 0) is 10.2 Å². The number of benzene rings is 1. The van der Waals surface area contributed by atoms with E-state index >= 15 is 0 Å². The highest BCUT2D eigenvalue weighted by atomic mass is 16.5. The maximum atomic E-state index is 12.3. The Bertz CT molecular complexity index is 551. The molecule has 1 saturated heterocycles. The minimum absolute atomic E-state index is 0.0545. The number of hydrogen-bond acceptors (Lipinski definition) is 3. The number of hydrogen-bond donors (Lipinski definition) is 2. The van der Waals surface area contributed by atoms with Gasteiger partial charge in [-0.05, 0) is 24.3 Å². The van der Waals surface area contributed by atoms with Gasteiger partial charge < -0.3 is 15.4 Å². The number of nitrogens with zero attached hydrogens (tertiary/aromatic N) is 1. The highest BCUT2D eigenvalue weighted by Crippen LogP contribution is 2.47. The first-order valence-electron chi connectivity index (χ1n) is 9.50. The summed E-state index contributed by atoms with van der Waals surface area (Å²) in [7, 11) is 0. The molecule has 1 unspecified atom stereocenters. The van der Waals surface area contributed by atoms with Gasteiger partial charge in [0.05, 0.1) is 13.2 Å². The number of carbonyl (C=O) groups excluding carboxylic acids is 1. The SMILES string of the molecule is CC(C)C(CNC(=O)NCC1(c2ccccc2)CC1)N1CCOCC1. The fourth-order valence-electron chi connectivity index (χ4n) is 3.71. The quantitative estimate of drug-likeness (QED) is 0.798. The predicted octanol–water partition coefficient (Wildman–Crippen LogP) is 2.37. The molecule has 1 aromatic carbocycles. The Hall–Kier alpha value is -1.59. The van der Waals surface area contributed by atoms with Crippen molar-refractivity contribution in [3.63, 3.8) is 0 Å². The first-order chi connectivity index (χ1) is 12.1. The number of urea groups is 1. The van der Waals surface area contributed by atoms with E-state index in [9.17, 15) is 4.79 Å². The van der Waals surface area contributed by atoms with Crippen molar-refractivity contribution < 1.29 is 9.53 Å². The molecule has 1 aliphatic carbocycles. The maximum Gasteiger partial charge on any atom is 0.314 e. The van der Waals surface area contributed by atoms with Gasteiger partial charge in [0.2, 0.25) is 0 Å². The largest absolute Gasteiger partial charge is 0.379 e. The number of ether oxygens (including phenoxy) is 1. The molecule has 0 spiro atoms. The Morgan fingerprint density at radius 3 is 2.44 bits per heavy atom. The molecule has 0 radical (unpaired) electrons. The highest BCUT2D eigenvalue weighted by molar-refractivity contribution is 5.74. The van der Waals surface area contributed by atoms with Gasteiger partial charge in [-0.15, -0.1) is 0 Å². The molecule has 1 aromatic rings. The molecule has 1 aliphatic heterocycles. The van der Waals surface area contributed by atoms with Gasteiger partial charge >= 0.3 is 6.03 Å². The minimum Gasteiger partial charge on any atom is -0.379 e. The topological polar surface area (TPSA) is 53.6 Å². The Labute approximate surface area is 151 Å². The Morgan fingerprint density at radius 1 is 1.16 bits per heavy atom. The second-order valence-electron chi connectivity index (χ2n) is 7.67. The fourth-order valence-corrected chi connectivity index (χ4v) is 3.71. The van der Waals surface area contributed by atoms with Crippen molar-refractivity contribution >= 4 is 6.03 Å². The van der Waals surface area contributed by atoms with E-state index in [-0.39, 0.29) is 11.4 Å². The summed E-state index contributed by atoms with van der Waals surface area (Å²) in [6.45, 7) is 9.30. The molecular formula is C20H31N3O2. The van der Waals surface area contributed by atoms with Crippen LogP contribution in [-0.4, -0.2) is 56.4 Å². The third-order valence-corrected chi connectivity index (χ3v) is 5.58. The number of nitrogens with one attached hydrogen (secondary N) is 2. The second-order valence-corrected chi connectivity index (χ2v) is 7.67. The molecule has 5 nitrogen and oxygen atoms in total. The summed E-state index contributed by atoms with van der Waals surface area (Å²) in [6, 6.07) is 10.8. The molecule has 1 saturated carbocycles. The molecule has 5 heteroatoms. The molecule has 1 atom stereocenters. The third kappa shape index (κ3) is 4.73. The average molecular weight is 345 g/mol. The molecular weight excluding hydrogens is 314 g/mol. The first kappa shape index (κ1) is 18.2. The van der Waals surface area contributed by atoms with Crippen LogP contribution in [0.1, 0.15) is 32.3 Å². The van der Waals surface area contributed by atoms with Crippen LogP contribution in [0.2, 0.25) is 0 Å². The Kier molecular flexibility index (Phi) is 5.97. The summed E-state index contributed by atoms with van der Waals surface area (Å²) in [5, 5.41) is 6.17. The molecule has 138 valence electrons.